The van der Waals surface area contributed by atoms with Crippen LogP contribution in [0, 0.1) is 0 Å². The van der Waals surface area contributed by atoms with Gasteiger partial charge in [-0.1, -0.05) is 41.9 Å². The average Bonchev–Trinajstić information content (AvgIpc) is 3.15. The molecule has 0 radical (unpaired) electrons. The maximum Gasteiger partial charge on any atom is 0.191 e. The average molecular weight is 552 g/mol. The molecule has 0 amide bonds. The molecule has 2 aromatic rings. The van der Waals surface area contributed by atoms with E-state index in [-0.39, 0.29) is 24.0 Å². The van der Waals surface area contributed by atoms with Crippen LogP contribution < -0.4 is 10.6 Å². The van der Waals surface area contributed by atoms with E-state index in [9.17, 15) is 5.11 Å². The number of guanidine groups is 1. The summed E-state index contributed by atoms with van der Waals surface area (Å²) in [5.74, 6) is 0.717. The van der Waals surface area contributed by atoms with Crippen LogP contribution >= 0.6 is 46.9 Å². The molecule has 0 fully saturated rings. The number of rotatable bonds is 12. The van der Waals surface area contributed by atoms with Crippen LogP contribution in [0.4, 0.5) is 0 Å². The van der Waals surface area contributed by atoms with Gasteiger partial charge in [0.1, 0.15) is 6.10 Å². The quantitative estimate of drug-likeness (QED) is 0.156. The lowest BCUT2D eigenvalue weighted by Crippen LogP contribution is -2.38. The van der Waals surface area contributed by atoms with E-state index in [2.05, 4.69) is 39.9 Å². The van der Waals surface area contributed by atoms with Crippen molar-refractivity contribution in [2.45, 2.75) is 32.3 Å². The molecule has 0 aliphatic rings. The lowest BCUT2D eigenvalue weighted by atomic mass is 10.2. The molecular formula is C21H31ClIN3O2S. The van der Waals surface area contributed by atoms with Crippen molar-refractivity contribution in [2.75, 3.05) is 32.8 Å². The van der Waals surface area contributed by atoms with E-state index in [1.54, 1.807) is 6.07 Å². The molecule has 0 aliphatic carbocycles. The number of nitrogens with one attached hydrogen (secondary N) is 2. The van der Waals surface area contributed by atoms with Gasteiger partial charge in [0.2, 0.25) is 0 Å². The van der Waals surface area contributed by atoms with Crippen molar-refractivity contribution in [1.82, 2.24) is 10.6 Å². The Labute approximate surface area is 199 Å². The summed E-state index contributed by atoms with van der Waals surface area (Å²) in [5, 5.41) is 16.7. The molecule has 1 heterocycles. The third-order valence-corrected chi connectivity index (χ3v) is 5.41. The summed E-state index contributed by atoms with van der Waals surface area (Å²) < 4.78 is 6.38. The van der Waals surface area contributed by atoms with E-state index in [1.165, 1.54) is 16.9 Å². The molecule has 8 heteroatoms. The predicted octanol–water partition coefficient (Wildman–Crippen LogP) is 4.65. The van der Waals surface area contributed by atoms with Crippen molar-refractivity contribution < 1.29 is 9.84 Å². The first-order valence-corrected chi connectivity index (χ1v) is 11.0. The number of hydrogen-bond acceptors (Lipinski definition) is 4. The van der Waals surface area contributed by atoms with Crippen LogP contribution in [-0.4, -0.2) is 43.9 Å². The van der Waals surface area contributed by atoms with Crippen LogP contribution in [0.3, 0.4) is 0 Å². The van der Waals surface area contributed by atoms with Crippen LogP contribution in [0.15, 0.2) is 47.5 Å². The topological polar surface area (TPSA) is 65.9 Å². The molecule has 2 rings (SSSR count). The molecular weight excluding hydrogens is 521 g/mol. The number of aliphatic imine (C=N–C) groups is 1. The Morgan fingerprint density at radius 3 is 2.62 bits per heavy atom. The zero-order valence-corrected chi connectivity index (χ0v) is 20.7. The van der Waals surface area contributed by atoms with Gasteiger partial charge >= 0.3 is 0 Å². The SMILES string of the molecule is CCNC(=NCC(O)c1ccc(Cl)s1)NCCCCOCCc1ccccc1.I. The van der Waals surface area contributed by atoms with Gasteiger partial charge in [0.25, 0.3) is 0 Å². The fourth-order valence-corrected chi connectivity index (χ4v) is 3.63. The first-order chi connectivity index (χ1) is 13.7. The second-order valence-electron chi connectivity index (χ2n) is 6.36. The van der Waals surface area contributed by atoms with Crippen molar-refractivity contribution in [3.8, 4) is 0 Å². The fraction of sp³-hybridized carbons (Fsp3) is 0.476. The Balaban J connectivity index is 0.00000420. The summed E-state index contributed by atoms with van der Waals surface area (Å²) in [6, 6.07) is 14.0. The minimum Gasteiger partial charge on any atom is -0.386 e. The second-order valence-corrected chi connectivity index (χ2v) is 8.11. The number of aliphatic hydroxyl groups excluding tert-OH is 1. The normalized spacial score (nSPS) is 12.3. The third kappa shape index (κ3) is 11.2. The van der Waals surface area contributed by atoms with Gasteiger partial charge in [-0.15, -0.1) is 35.3 Å². The molecule has 0 saturated heterocycles. The largest absolute Gasteiger partial charge is 0.386 e. The molecule has 0 aliphatic heterocycles. The zero-order valence-electron chi connectivity index (χ0n) is 16.8. The molecule has 162 valence electrons. The van der Waals surface area contributed by atoms with Gasteiger partial charge < -0.3 is 20.5 Å². The summed E-state index contributed by atoms with van der Waals surface area (Å²) in [4.78, 5) is 5.29. The molecule has 0 bridgehead atoms. The standard InChI is InChI=1S/C21H30ClN3O2S.HI/c1-2-23-21(25-16-18(26)19-10-11-20(22)28-19)24-13-6-7-14-27-15-12-17-8-4-3-5-9-17;/h3-5,8-11,18,26H,2,6-7,12-16H2,1H3,(H2,23,24,25);1H. The summed E-state index contributed by atoms with van der Waals surface area (Å²) in [7, 11) is 0. The van der Waals surface area contributed by atoms with E-state index in [0.717, 1.165) is 50.4 Å². The second kappa shape index (κ2) is 15.9. The van der Waals surface area contributed by atoms with Crippen LogP contribution in [0.25, 0.3) is 0 Å². The van der Waals surface area contributed by atoms with Crippen molar-refractivity contribution >= 4 is 52.9 Å². The van der Waals surface area contributed by atoms with Crippen LogP contribution in [0.1, 0.15) is 36.3 Å². The van der Waals surface area contributed by atoms with Crippen LogP contribution in [0.5, 0.6) is 0 Å². The first-order valence-electron chi connectivity index (χ1n) is 9.76. The molecule has 1 atom stereocenters. The van der Waals surface area contributed by atoms with E-state index < -0.39 is 6.10 Å². The maximum absolute atomic E-state index is 10.2. The summed E-state index contributed by atoms with van der Waals surface area (Å²) >= 11 is 7.30. The van der Waals surface area contributed by atoms with E-state index >= 15 is 0 Å². The van der Waals surface area contributed by atoms with Gasteiger partial charge in [-0.2, -0.15) is 0 Å². The van der Waals surface area contributed by atoms with Crippen molar-refractivity contribution in [2.24, 2.45) is 4.99 Å². The fourth-order valence-electron chi connectivity index (χ4n) is 2.59. The highest BCUT2D eigenvalue weighted by atomic mass is 127. The Bertz CT molecular complexity index is 700. The van der Waals surface area contributed by atoms with Gasteiger partial charge in [0.15, 0.2) is 5.96 Å². The molecule has 1 aromatic heterocycles. The minimum absolute atomic E-state index is 0. The minimum atomic E-state index is -0.633. The lowest BCUT2D eigenvalue weighted by molar-refractivity contribution is 0.133. The molecule has 29 heavy (non-hydrogen) atoms. The van der Waals surface area contributed by atoms with E-state index in [4.69, 9.17) is 16.3 Å². The Kier molecular flexibility index (Phi) is 14.3. The highest BCUT2D eigenvalue weighted by molar-refractivity contribution is 14.0. The summed E-state index contributed by atoms with van der Waals surface area (Å²) in [6.45, 7) is 5.43. The number of hydrogen-bond donors (Lipinski definition) is 3. The van der Waals surface area contributed by atoms with Gasteiger partial charge in [-0.25, -0.2) is 0 Å². The molecule has 3 N–H and O–H groups in total. The van der Waals surface area contributed by atoms with Crippen molar-refractivity contribution in [3.05, 3.63) is 57.2 Å². The highest BCUT2D eigenvalue weighted by Crippen LogP contribution is 2.26. The lowest BCUT2D eigenvalue weighted by Gasteiger charge is -2.12. The molecule has 1 unspecified atom stereocenters. The number of halogens is 2. The molecule has 0 spiro atoms. The Morgan fingerprint density at radius 1 is 1.14 bits per heavy atom. The zero-order chi connectivity index (χ0) is 20.0. The molecule has 0 saturated carbocycles. The first kappa shape index (κ1) is 26.2. The maximum atomic E-state index is 10.2. The van der Waals surface area contributed by atoms with Crippen LogP contribution in [-0.2, 0) is 11.2 Å². The van der Waals surface area contributed by atoms with Gasteiger partial charge in [0.05, 0.1) is 17.5 Å². The van der Waals surface area contributed by atoms with Gasteiger partial charge in [-0.05, 0) is 43.9 Å². The highest BCUT2D eigenvalue weighted by Gasteiger charge is 2.10. The van der Waals surface area contributed by atoms with E-state index in [1.807, 2.05) is 19.1 Å². The number of ether oxygens (including phenoxy) is 1. The molecule has 1 aromatic carbocycles. The third-order valence-electron chi connectivity index (χ3n) is 4.07. The van der Waals surface area contributed by atoms with Crippen LogP contribution in [0.2, 0.25) is 4.34 Å². The van der Waals surface area contributed by atoms with E-state index in [0.29, 0.717) is 16.8 Å². The number of nitrogens with zero attached hydrogens (tertiary/aromatic N) is 1. The number of unbranched alkanes of at least 4 members (excludes halogenated alkanes) is 1. The molecule has 5 nitrogen and oxygen atoms in total. The predicted molar refractivity (Wildman–Crippen MR) is 134 cm³/mol. The summed E-state index contributed by atoms with van der Waals surface area (Å²) in [5.41, 5.74) is 1.31. The number of aliphatic hydroxyl groups is 1. The monoisotopic (exact) mass is 551 g/mol. The smallest absolute Gasteiger partial charge is 0.191 e. The van der Waals surface area contributed by atoms with Crippen molar-refractivity contribution in [1.29, 1.82) is 0 Å². The van der Waals surface area contributed by atoms with Crippen molar-refractivity contribution in [3.63, 3.8) is 0 Å². The number of thiophene rings is 1. The Hall–Kier alpha value is -0.870. The van der Waals surface area contributed by atoms with Gasteiger partial charge in [-0.3, -0.25) is 4.99 Å². The Morgan fingerprint density at radius 2 is 1.93 bits per heavy atom. The van der Waals surface area contributed by atoms with Gasteiger partial charge in [0, 0.05) is 24.6 Å². The summed E-state index contributed by atoms with van der Waals surface area (Å²) in [6.07, 6.45) is 2.32. The number of benzene rings is 1.